The molecule has 0 fully saturated rings. The average Bonchev–Trinajstić information content (AvgIpc) is 2.56. The van der Waals surface area contributed by atoms with Crippen LogP contribution in [0.4, 0.5) is 4.39 Å². The number of benzene rings is 2. The van der Waals surface area contributed by atoms with Gasteiger partial charge in [-0.15, -0.1) is 0 Å². The van der Waals surface area contributed by atoms with Crippen molar-refractivity contribution in [3.05, 3.63) is 65.5 Å². The van der Waals surface area contributed by atoms with Crippen LogP contribution in [0.3, 0.4) is 0 Å². The summed E-state index contributed by atoms with van der Waals surface area (Å²) in [5, 5.41) is 2.88. The summed E-state index contributed by atoms with van der Waals surface area (Å²) < 4.78 is 18.7. The molecule has 0 bridgehead atoms. The van der Waals surface area contributed by atoms with Gasteiger partial charge in [0.1, 0.15) is 11.6 Å². The number of amides is 1. The van der Waals surface area contributed by atoms with Crippen molar-refractivity contribution in [3.63, 3.8) is 0 Å². The second kappa shape index (κ2) is 8.32. The molecule has 0 spiro atoms. The number of ether oxygens (including phenoxy) is 1. The molecule has 0 radical (unpaired) electrons. The monoisotopic (exact) mass is 315 g/mol. The van der Waals surface area contributed by atoms with Gasteiger partial charge >= 0.3 is 0 Å². The predicted molar refractivity (Wildman–Crippen MR) is 89.0 cm³/mol. The van der Waals surface area contributed by atoms with Gasteiger partial charge < -0.3 is 10.1 Å². The summed E-state index contributed by atoms with van der Waals surface area (Å²) in [6.45, 7) is 4.37. The number of hydrogen-bond acceptors (Lipinski definition) is 2. The van der Waals surface area contributed by atoms with E-state index in [0.717, 1.165) is 16.9 Å². The zero-order valence-corrected chi connectivity index (χ0v) is 13.5. The van der Waals surface area contributed by atoms with Crippen LogP contribution in [0.25, 0.3) is 0 Å². The zero-order chi connectivity index (χ0) is 16.7. The lowest BCUT2D eigenvalue weighted by Crippen LogP contribution is -2.39. The van der Waals surface area contributed by atoms with Crippen LogP contribution in [0.1, 0.15) is 24.5 Å². The number of rotatable bonds is 7. The fourth-order valence-corrected chi connectivity index (χ4v) is 2.26. The fraction of sp³-hybridized carbons (Fsp3) is 0.316. The Balaban J connectivity index is 1.85. The van der Waals surface area contributed by atoms with E-state index in [2.05, 4.69) is 5.32 Å². The van der Waals surface area contributed by atoms with Gasteiger partial charge in [0, 0.05) is 6.54 Å². The third-order valence-corrected chi connectivity index (χ3v) is 3.65. The second-order valence-corrected chi connectivity index (χ2v) is 5.45. The summed E-state index contributed by atoms with van der Waals surface area (Å²) in [7, 11) is 0. The first-order valence-corrected chi connectivity index (χ1v) is 7.84. The molecule has 2 aromatic rings. The van der Waals surface area contributed by atoms with Gasteiger partial charge in [-0.3, -0.25) is 4.79 Å². The molecule has 1 unspecified atom stereocenters. The molecular formula is C19H22FNO2. The Morgan fingerprint density at radius 3 is 2.52 bits per heavy atom. The van der Waals surface area contributed by atoms with Gasteiger partial charge in [-0.05, 0) is 49.1 Å². The Morgan fingerprint density at radius 1 is 1.17 bits per heavy atom. The summed E-state index contributed by atoms with van der Waals surface area (Å²) in [6.07, 6.45) is 0.744. The molecule has 0 aromatic heterocycles. The Hall–Kier alpha value is -2.36. The Kier molecular flexibility index (Phi) is 6.15. The number of aryl methyl sites for hydroxylation is 1. The molecule has 0 saturated heterocycles. The largest absolute Gasteiger partial charge is 0.480 e. The molecule has 2 rings (SSSR count). The number of hydrogen-bond donors (Lipinski definition) is 1. The summed E-state index contributed by atoms with van der Waals surface area (Å²) in [5.41, 5.74) is 1.99. The van der Waals surface area contributed by atoms with E-state index in [9.17, 15) is 9.18 Å². The first kappa shape index (κ1) is 17.0. The molecule has 3 nitrogen and oxygen atoms in total. The van der Waals surface area contributed by atoms with Crippen LogP contribution >= 0.6 is 0 Å². The summed E-state index contributed by atoms with van der Waals surface area (Å²) in [6, 6.07) is 13.9. The van der Waals surface area contributed by atoms with Gasteiger partial charge in [0.2, 0.25) is 0 Å². The van der Waals surface area contributed by atoms with E-state index in [-0.39, 0.29) is 11.7 Å². The van der Waals surface area contributed by atoms with Gasteiger partial charge in [0.25, 0.3) is 5.91 Å². The smallest absolute Gasteiger partial charge is 0.261 e. The van der Waals surface area contributed by atoms with Crippen molar-refractivity contribution < 1.29 is 13.9 Å². The molecule has 1 atom stereocenters. The van der Waals surface area contributed by atoms with Crippen LogP contribution in [0.5, 0.6) is 5.75 Å². The number of carbonyl (C=O) groups is 1. The van der Waals surface area contributed by atoms with E-state index in [1.54, 1.807) is 12.1 Å². The molecule has 2 aromatic carbocycles. The standard InChI is InChI=1S/C19H22FNO2/c1-3-17(23-18-7-5-4-6-14(18)2)19(22)21-13-12-15-8-10-16(20)11-9-15/h4-11,17H,3,12-13H2,1-2H3,(H,21,22). The predicted octanol–water partition coefficient (Wildman–Crippen LogP) is 3.65. The van der Waals surface area contributed by atoms with Crippen molar-refractivity contribution in [2.24, 2.45) is 0 Å². The molecule has 0 saturated carbocycles. The van der Waals surface area contributed by atoms with Crippen LogP contribution in [0.15, 0.2) is 48.5 Å². The van der Waals surface area contributed by atoms with Crippen molar-refractivity contribution in [3.8, 4) is 5.75 Å². The minimum Gasteiger partial charge on any atom is -0.480 e. The molecule has 23 heavy (non-hydrogen) atoms. The third kappa shape index (κ3) is 5.09. The Bertz CT molecular complexity index is 640. The first-order chi connectivity index (χ1) is 11.1. The minimum atomic E-state index is -0.510. The van der Waals surface area contributed by atoms with E-state index in [0.29, 0.717) is 19.4 Å². The fourth-order valence-electron chi connectivity index (χ4n) is 2.26. The van der Waals surface area contributed by atoms with Crippen molar-refractivity contribution >= 4 is 5.91 Å². The van der Waals surface area contributed by atoms with Gasteiger partial charge in [-0.1, -0.05) is 37.3 Å². The number of halogens is 1. The maximum atomic E-state index is 12.8. The summed E-state index contributed by atoms with van der Waals surface area (Å²) >= 11 is 0. The molecule has 0 aliphatic carbocycles. The van der Waals surface area contributed by atoms with E-state index in [4.69, 9.17) is 4.74 Å². The first-order valence-electron chi connectivity index (χ1n) is 7.84. The van der Waals surface area contributed by atoms with Gasteiger partial charge in [0.05, 0.1) is 0 Å². The third-order valence-electron chi connectivity index (χ3n) is 3.65. The average molecular weight is 315 g/mol. The normalized spacial score (nSPS) is 11.8. The van der Waals surface area contributed by atoms with Crippen LogP contribution in [0, 0.1) is 12.7 Å². The molecule has 4 heteroatoms. The molecule has 1 N–H and O–H groups in total. The second-order valence-electron chi connectivity index (χ2n) is 5.45. The van der Waals surface area contributed by atoms with Crippen LogP contribution in [0.2, 0.25) is 0 Å². The van der Waals surface area contributed by atoms with Crippen molar-refractivity contribution in [2.45, 2.75) is 32.8 Å². The topological polar surface area (TPSA) is 38.3 Å². The molecule has 122 valence electrons. The van der Waals surface area contributed by atoms with Gasteiger partial charge in [0.15, 0.2) is 6.10 Å². The summed E-state index contributed by atoms with van der Waals surface area (Å²) in [4.78, 5) is 12.2. The van der Waals surface area contributed by atoms with Crippen molar-refractivity contribution in [1.29, 1.82) is 0 Å². The highest BCUT2D eigenvalue weighted by Crippen LogP contribution is 2.18. The van der Waals surface area contributed by atoms with E-state index < -0.39 is 6.10 Å². The quantitative estimate of drug-likeness (QED) is 0.847. The molecule has 1 amide bonds. The number of carbonyl (C=O) groups excluding carboxylic acids is 1. The van der Waals surface area contributed by atoms with E-state index >= 15 is 0 Å². The molecule has 0 heterocycles. The highest BCUT2D eigenvalue weighted by molar-refractivity contribution is 5.81. The van der Waals surface area contributed by atoms with Crippen LogP contribution in [-0.4, -0.2) is 18.6 Å². The Morgan fingerprint density at radius 2 is 1.87 bits per heavy atom. The highest BCUT2D eigenvalue weighted by Gasteiger charge is 2.18. The molecule has 0 aliphatic rings. The van der Waals surface area contributed by atoms with Crippen LogP contribution in [-0.2, 0) is 11.2 Å². The molecular weight excluding hydrogens is 293 g/mol. The van der Waals surface area contributed by atoms with Crippen LogP contribution < -0.4 is 10.1 Å². The maximum Gasteiger partial charge on any atom is 0.261 e. The Labute approximate surface area is 136 Å². The van der Waals surface area contributed by atoms with Crippen molar-refractivity contribution in [1.82, 2.24) is 5.32 Å². The van der Waals surface area contributed by atoms with Gasteiger partial charge in [-0.2, -0.15) is 0 Å². The zero-order valence-electron chi connectivity index (χ0n) is 13.5. The summed E-state index contributed by atoms with van der Waals surface area (Å²) in [5.74, 6) is 0.348. The SMILES string of the molecule is CCC(Oc1ccccc1C)C(=O)NCCc1ccc(F)cc1. The lowest BCUT2D eigenvalue weighted by Gasteiger charge is -2.18. The van der Waals surface area contributed by atoms with E-state index in [1.165, 1.54) is 12.1 Å². The van der Waals surface area contributed by atoms with Gasteiger partial charge in [-0.25, -0.2) is 4.39 Å². The van der Waals surface area contributed by atoms with Crippen molar-refractivity contribution in [2.75, 3.05) is 6.54 Å². The molecule has 0 aliphatic heterocycles. The number of nitrogens with one attached hydrogen (secondary N) is 1. The highest BCUT2D eigenvalue weighted by atomic mass is 19.1. The lowest BCUT2D eigenvalue weighted by atomic mass is 10.1. The number of para-hydroxylation sites is 1. The lowest BCUT2D eigenvalue weighted by molar-refractivity contribution is -0.128. The van der Waals surface area contributed by atoms with E-state index in [1.807, 2.05) is 38.1 Å². The maximum absolute atomic E-state index is 12.8. The minimum absolute atomic E-state index is 0.127.